The monoisotopic (exact) mass is 369 g/mol. The predicted octanol–water partition coefficient (Wildman–Crippen LogP) is 5.51. The van der Waals surface area contributed by atoms with E-state index in [9.17, 15) is 0 Å². The highest BCUT2D eigenvalue weighted by Crippen LogP contribution is 2.31. The summed E-state index contributed by atoms with van der Waals surface area (Å²) in [5.41, 5.74) is 4.55. The van der Waals surface area contributed by atoms with Crippen molar-refractivity contribution in [2.45, 2.75) is 64.8 Å². The van der Waals surface area contributed by atoms with Gasteiger partial charge in [0, 0.05) is 4.75 Å². The summed E-state index contributed by atoms with van der Waals surface area (Å²) in [6, 6.07) is 14.4. The van der Waals surface area contributed by atoms with Gasteiger partial charge in [0.1, 0.15) is 12.4 Å². The molecule has 4 heteroatoms. The SMILES string of the molecule is Cc1cc(OCc2ccccc2)cc(C)c1C[B]OC(C)(C)C(C)(C)S. The zero-order valence-corrected chi connectivity index (χ0v) is 17.7. The summed E-state index contributed by atoms with van der Waals surface area (Å²) in [4.78, 5) is 0. The van der Waals surface area contributed by atoms with E-state index in [1.165, 1.54) is 22.3 Å². The van der Waals surface area contributed by atoms with Crippen LogP contribution in [0.5, 0.6) is 5.75 Å². The molecule has 0 unspecified atom stereocenters. The average molecular weight is 369 g/mol. The molecule has 0 bridgehead atoms. The minimum atomic E-state index is -0.337. The van der Waals surface area contributed by atoms with Gasteiger partial charge in [0.2, 0.25) is 0 Å². The summed E-state index contributed by atoms with van der Waals surface area (Å²) in [5.74, 6) is 0.908. The Morgan fingerprint density at radius 1 is 0.962 bits per heavy atom. The second kappa shape index (κ2) is 8.54. The van der Waals surface area contributed by atoms with Crippen molar-refractivity contribution in [3.63, 3.8) is 0 Å². The van der Waals surface area contributed by atoms with Crippen molar-refractivity contribution in [1.29, 1.82) is 0 Å². The van der Waals surface area contributed by atoms with E-state index >= 15 is 0 Å². The molecule has 2 aromatic rings. The van der Waals surface area contributed by atoms with E-state index in [2.05, 4.69) is 78.4 Å². The zero-order chi connectivity index (χ0) is 19.4. The molecule has 0 aliphatic rings. The van der Waals surface area contributed by atoms with E-state index < -0.39 is 0 Å². The first-order valence-corrected chi connectivity index (χ1v) is 9.53. The Morgan fingerprint density at radius 3 is 2.08 bits per heavy atom. The molecular formula is C22H30BO2S. The summed E-state index contributed by atoms with van der Waals surface area (Å²) >= 11 is 4.64. The van der Waals surface area contributed by atoms with Crippen LogP contribution in [0.3, 0.4) is 0 Å². The first-order chi connectivity index (χ1) is 12.1. The highest BCUT2D eigenvalue weighted by molar-refractivity contribution is 7.81. The van der Waals surface area contributed by atoms with E-state index in [0.29, 0.717) is 6.61 Å². The fourth-order valence-electron chi connectivity index (χ4n) is 2.58. The van der Waals surface area contributed by atoms with Crippen LogP contribution in [0.2, 0.25) is 0 Å². The molecule has 26 heavy (non-hydrogen) atoms. The number of hydrogen-bond acceptors (Lipinski definition) is 3. The maximum Gasteiger partial charge on any atom is 0.297 e. The van der Waals surface area contributed by atoms with Gasteiger partial charge in [-0.15, -0.1) is 0 Å². The second-order valence-corrected chi connectivity index (χ2v) is 8.99. The van der Waals surface area contributed by atoms with Crippen LogP contribution in [-0.4, -0.2) is 17.8 Å². The number of aryl methyl sites for hydroxylation is 2. The van der Waals surface area contributed by atoms with Crippen LogP contribution < -0.4 is 4.74 Å². The van der Waals surface area contributed by atoms with Crippen molar-refractivity contribution in [1.82, 2.24) is 0 Å². The Kier molecular flexibility index (Phi) is 6.87. The highest BCUT2D eigenvalue weighted by atomic mass is 32.1. The van der Waals surface area contributed by atoms with Crippen molar-refractivity contribution in [3.8, 4) is 5.75 Å². The van der Waals surface area contributed by atoms with Crippen molar-refractivity contribution in [2.24, 2.45) is 0 Å². The molecule has 0 saturated heterocycles. The van der Waals surface area contributed by atoms with Gasteiger partial charge in [0.15, 0.2) is 0 Å². The lowest BCUT2D eigenvalue weighted by molar-refractivity contribution is 0.0823. The quantitative estimate of drug-likeness (QED) is 0.489. The van der Waals surface area contributed by atoms with Crippen LogP contribution in [0.1, 0.15) is 49.9 Å². The molecule has 0 aliphatic heterocycles. The molecule has 0 spiro atoms. The van der Waals surface area contributed by atoms with Crippen LogP contribution in [0.15, 0.2) is 42.5 Å². The van der Waals surface area contributed by atoms with Gasteiger partial charge < -0.3 is 9.39 Å². The molecule has 0 aromatic heterocycles. The Labute approximate surface area is 165 Å². The van der Waals surface area contributed by atoms with Gasteiger partial charge in [0.25, 0.3) is 7.48 Å². The fraction of sp³-hybridized carbons (Fsp3) is 0.455. The van der Waals surface area contributed by atoms with Crippen LogP contribution in [0.25, 0.3) is 0 Å². The predicted molar refractivity (Wildman–Crippen MR) is 114 cm³/mol. The van der Waals surface area contributed by atoms with Gasteiger partial charge >= 0.3 is 0 Å². The Bertz CT molecular complexity index is 698. The summed E-state index contributed by atoms with van der Waals surface area (Å²) < 4.78 is 11.8. The third-order valence-corrected chi connectivity index (χ3v) is 5.60. The molecule has 0 heterocycles. The van der Waals surface area contributed by atoms with Crippen molar-refractivity contribution in [3.05, 3.63) is 64.7 Å². The lowest BCUT2D eigenvalue weighted by Gasteiger charge is -2.38. The molecule has 139 valence electrons. The first-order valence-electron chi connectivity index (χ1n) is 9.09. The fourth-order valence-corrected chi connectivity index (χ4v) is 2.63. The topological polar surface area (TPSA) is 18.5 Å². The zero-order valence-electron chi connectivity index (χ0n) is 16.8. The standard InChI is InChI=1S/C22H30BO2S/c1-16-12-19(24-15-18-10-8-7-9-11-18)13-17(2)20(16)14-23-25-21(3,4)22(5,6)26/h7-13,26H,14-15H2,1-6H3. The lowest BCUT2D eigenvalue weighted by Crippen LogP contribution is -2.44. The van der Waals surface area contributed by atoms with E-state index in [0.717, 1.165) is 12.1 Å². The molecule has 0 atom stereocenters. The summed E-state index contributed by atoms with van der Waals surface area (Å²) in [6.45, 7) is 13.1. The van der Waals surface area contributed by atoms with Crippen LogP contribution in [0, 0.1) is 13.8 Å². The second-order valence-electron chi connectivity index (χ2n) is 7.87. The Hall–Kier alpha value is -1.39. The van der Waals surface area contributed by atoms with Gasteiger partial charge in [-0.25, -0.2) is 0 Å². The number of ether oxygens (including phenoxy) is 1. The third kappa shape index (κ3) is 5.55. The largest absolute Gasteiger partial charge is 0.489 e. The van der Waals surface area contributed by atoms with Gasteiger partial charge in [-0.2, -0.15) is 12.6 Å². The van der Waals surface area contributed by atoms with E-state index in [1.54, 1.807) is 0 Å². The van der Waals surface area contributed by atoms with Crippen molar-refractivity contribution < 1.29 is 9.39 Å². The van der Waals surface area contributed by atoms with Crippen LogP contribution in [-0.2, 0) is 17.6 Å². The van der Waals surface area contributed by atoms with Crippen molar-refractivity contribution in [2.75, 3.05) is 0 Å². The van der Waals surface area contributed by atoms with E-state index in [-0.39, 0.29) is 10.3 Å². The Morgan fingerprint density at radius 2 is 1.54 bits per heavy atom. The van der Waals surface area contributed by atoms with Crippen LogP contribution >= 0.6 is 12.6 Å². The maximum absolute atomic E-state index is 6.01. The minimum Gasteiger partial charge on any atom is -0.489 e. The summed E-state index contributed by atoms with van der Waals surface area (Å²) in [7, 11) is 1.90. The van der Waals surface area contributed by atoms with E-state index in [4.69, 9.17) is 9.39 Å². The molecule has 0 aliphatic carbocycles. The Balaban J connectivity index is 1.98. The molecule has 0 amide bonds. The van der Waals surface area contributed by atoms with Gasteiger partial charge in [-0.3, -0.25) is 0 Å². The summed E-state index contributed by atoms with van der Waals surface area (Å²) in [5, 5.41) is 0. The lowest BCUT2D eigenvalue weighted by atomic mass is 9.82. The molecule has 0 N–H and O–H groups in total. The molecule has 0 saturated carbocycles. The smallest absolute Gasteiger partial charge is 0.297 e. The van der Waals surface area contributed by atoms with Gasteiger partial charge in [-0.05, 0) is 82.2 Å². The number of hydrogen-bond donors (Lipinski definition) is 1. The molecule has 0 fully saturated rings. The highest BCUT2D eigenvalue weighted by Gasteiger charge is 2.34. The average Bonchev–Trinajstić information content (AvgIpc) is 2.55. The normalized spacial score (nSPS) is 12.1. The third-order valence-electron chi connectivity index (χ3n) is 5.06. The molecule has 2 nitrogen and oxygen atoms in total. The van der Waals surface area contributed by atoms with Gasteiger partial charge in [-0.1, -0.05) is 30.3 Å². The molecular weight excluding hydrogens is 339 g/mol. The molecule has 2 aromatic carbocycles. The minimum absolute atomic E-state index is 0.220. The summed E-state index contributed by atoms with van der Waals surface area (Å²) in [6.07, 6.45) is 0.768. The maximum atomic E-state index is 6.01. The van der Waals surface area contributed by atoms with E-state index in [1.807, 2.05) is 25.7 Å². The molecule has 1 radical (unpaired) electrons. The number of benzene rings is 2. The molecule has 2 rings (SSSR count). The van der Waals surface area contributed by atoms with Gasteiger partial charge in [0.05, 0.1) is 5.60 Å². The number of rotatable bonds is 8. The van der Waals surface area contributed by atoms with Crippen LogP contribution in [0.4, 0.5) is 0 Å². The first kappa shape index (κ1) is 20.9. The number of thiol groups is 1. The van der Waals surface area contributed by atoms with Crippen molar-refractivity contribution >= 4 is 20.1 Å².